The van der Waals surface area contributed by atoms with Crippen molar-refractivity contribution in [3.63, 3.8) is 0 Å². The Hall–Kier alpha value is -0.100. The standard InChI is InChI=1S/C14H12Br2Cl2N2/c15-10-3-9(4-11(16)7-10)14(20-19)6-8-5-12(17)1-2-13(8)18/h1-5,7,14,20H,6,19H2. The molecule has 0 radical (unpaired) electrons. The molecular formula is C14H12Br2Cl2N2. The number of rotatable bonds is 4. The summed E-state index contributed by atoms with van der Waals surface area (Å²) in [6.45, 7) is 0. The summed E-state index contributed by atoms with van der Waals surface area (Å²) in [6.07, 6.45) is 0.652. The molecular weight excluding hydrogens is 427 g/mol. The smallest absolute Gasteiger partial charge is 0.0501 e. The van der Waals surface area contributed by atoms with Gasteiger partial charge in [-0.1, -0.05) is 55.1 Å². The number of hydrogen-bond donors (Lipinski definition) is 2. The number of nitrogens with two attached hydrogens (primary N) is 1. The van der Waals surface area contributed by atoms with E-state index in [0.717, 1.165) is 20.1 Å². The second kappa shape index (κ2) is 7.25. The van der Waals surface area contributed by atoms with Crippen LogP contribution in [0.2, 0.25) is 10.0 Å². The van der Waals surface area contributed by atoms with E-state index in [4.69, 9.17) is 29.0 Å². The normalized spacial score (nSPS) is 12.4. The molecule has 0 bridgehead atoms. The summed E-state index contributed by atoms with van der Waals surface area (Å²) < 4.78 is 1.97. The first-order valence-corrected chi connectivity index (χ1v) is 8.20. The third kappa shape index (κ3) is 4.20. The highest BCUT2D eigenvalue weighted by molar-refractivity contribution is 9.11. The van der Waals surface area contributed by atoms with Gasteiger partial charge in [-0.3, -0.25) is 11.3 Å². The minimum atomic E-state index is -0.0558. The van der Waals surface area contributed by atoms with Crippen molar-refractivity contribution >= 4 is 55.1 Å². The molecule has 0 saturated carbocycles. The zero-order chi connectivity index (χ0) is 14.7. The van der Waals surface area contributed by atoms with Crippen molar-refractivity contribution in [2.75, 3.05) is 0 Å². The van der Waals surface area contributed by atoms with Crippen molar-refractivity contribution in [3.8, 4) is 0 Å². The highest BCUT2D eigenvalue weighted by Crippen LogP contribution is 2.29. The van der Waals surface area contributed by atoms with E-state index in [1.165, 1.54) is 0 Å². The van der Waals surface area contributed by atoms with Gasteiger partial charge in [0, 0.05) is 19.0 Å². The molecule has 1 atom stereocenters. The van der Waals surface area contributed by atoms with Gasteiger partial charge in [-0.25, -0.2) is 0 Å². The van der Waals surface area contributed by atoms with E-state index >= 15 is 0 Å². The van der Waals surface area contributed by atoms with Crippen LogP contribution in [0.15, 0.2) is 45.3 Å². The molecule has 3 N–H and O–H groups in total. The Labute approximate surface area is 144 Å². The molecule has 0 fully saturated rings. The second-order valence-electron chi connectivity index (χ2n) is 4.36. The maximum Gasteiger partial charge on any atom is 0.0501 e. The Morgan fingerprint density at radius 1 is 1.05 bits per heavy atom. The molecule has 0 aromatic heterocycles. The van der Waals surface area contributed by atoms with Gasteiger partial charge in [0.15, 0.2) is 0 Å². The molecule has 2 aromatic carbocycles. The first kappa shape index (κ1) is 16.3. The molecule has 0 amide bonds. The lowest BCUT2D eigenvalue weighted by molar-refractivity contribution is 0.551. The molecule has 0 heterocycles. The topological polar surface area (TPSA) is 38.0 Å². The average Bonchev–Trinajstić information content (AvgIpc) is 2.38. The van der Waals surface area contributed by atoms with Gasteiger partial charge >= 0.3 is 0 Å². The van der Waals surface area contributed by atoms with E-state index in [1.54, 1.807) is 12.1 Å². The minimum Gasteiger partial charge on any atom is -0.271 e. The van der Waals surface area contributed by atoms with E-state index < -0.39 is 0 Å². The first-order chi connectivity index (χ1) is 9.49. The van der Waals surface area contributed by atoms with Crippen molar-refractivity contribution in [2.24, 2.45) is 5.84 Å². The quantitative estimate of drug-likeness (QED) is 0.504. The number of halogens is 4. The second-order valence-corrected chi connectivity index (χ2v) is 7.04. The third-order valence-electron chi connectivity index (χ3n) is 2.92. The predicted octanol–water partition coefficient (Wildman–Crippen LogP) is 5.27. The summed E-state index contributed by atoms with van der Waals surface area (Å²) in [4.78, 5) is 0. The zero-order valence-electron chi connectivity index (χ0n) is 10.3. The predicted molar refractivity (Wildman–Crippen MR) is 92.1 cm³/mol. The maximum atomic E-state index is 6.20. The first-order valence-electron chi connectivity index (χ1n) is 5.85. The van der Waals surface area contributed by atoms with Crippen molar-refractivity contribution in [2.45, 2.75) is 12.5 Å². The highest BCUT2D eigenvalue weighted by atomic mass is 79.9. The number of nitrogens with one attached hydrogen (secondary N) is 1. The van der Waals surface area contributed by atoms with E-state index in [2.05, 4.69) is 37.3 Å². The van der Waals surface area contributed by atoms with Gasteiger partial charge in [0.05, 0.1) is 6.04 Å². The van der Waals surface area contributed by atoms with Crippen LogP contribution in [0.1, 0.15) is 17.2 Å². The number of benzene rings is 2. The van der Waals surface area contributed by atoms with E-state index in [-0.39, 0.29) is 6.04 Å². The Balaban J connectivity index is 2.30. The molecule has 2 aromatic rings. The van der Waals surface area contributed by atoms with E-state index in [1.807, 2.05) is 24.3 Å². The lowest BCUT2D eigenvalue weighted by atomic mass is 9.99. The molecule has 0 spiro atoms. The summed E-state index contributed by atoms with van der Waals surface area (Å²) in [5, 5.41) is 1.35. The van der Waals surface area contributed by atoms with Gasteiger partial charge in [-0.05, 0) is 53.9 Å². The van der Waals surface area contributed by atoms with Gasteiger partial charge in [-0.2, -0.15) is 0 Å². The van der Waals surface area contributed by atoms with Crippen LogP contribution in [-0.4, -0.2) is 0 Å². The largest absolute Gasteiger partial charge is 0.271 e. The van der Waals surface area contributed by atoms with E-state index in [0.29, 0.717) is 16.5 Å². The van der Waals surface area contributed by atoms with E-state index in [9.17, 15) is 0 Å². The van der Waals surface area contributed by atoms with Crippen LogP contribution in [0, 0.1) is 0 Å². The SMILES string of the molecule is NNC(Cc1cc(Cl)ccc1Cl)c1cc(Br)cc(Br)c1. The maximum absolute atomic E-state index is 6.20. The van der Waals surface area contributed by atoms with Crippen LogP contribution in [-0.2, 0) is 6.42 Å². The van der Waals surface area contributed by atoms with Crippen LogP contribution >= 0.6 is 55.1 Å². The van der Waals surface area contributed by atoms with Crippen LogP contribution in [0.3, 0.4) is 0 Å². The van der Waals surface area contributed by atoms with Gasteiger partial charge in [-0.15, -0.1) is 0 Å². The summed E-state index contributed by atoms with van der Waals surface area (Å²) in [6, 6.07) is 11.4. The highest BCUT2D eigenvalue weighted by Gasteiger charge is 2.14. The summed E-state index contributed by atoms with van der Waals surface area (Å²) in [7, 11) is 0. The molecule has 0 aliphatic heterocycles. The monoisotopic (exact) mass is 436 g/mol. The van der Waals surface area contributed by atoms with Crippen molar-refractivity contribution < 1.29 is 0 Å². The molecule has 6 heteroatoms. The van der Waals surface area contributed by atoms with Crippen LogP contribution in [0.5, 0.6) is 0 Å². The molecule has 2 nitrogen and oxygen atoms in total. The molecule has 0 aliphatic carbocycles. The molecule has 106 valence electrons. The minimum absolute atomic E-state index is 0.0558. The van der Waals surface area contributed by atoms with Gasteiger partial charge in [0.2, 0.25) is 0 Å². The molecule has 1 unspecified atom stereocenters. The summed E-state index contributed by atoms with van der Waals surface area (Å²) in [5.41, 5.74) is 4.84. The lowest BCUT2D eigenvalue weighted by Crippen LogP contribution is -2.29. The Bertz CT molecular complexity index is 600. The zero-order valence-corrected chi connectivity index (χ0v) is 15.0. The lowest BCUT2D eigenvalue weighted by Gasteiger charge is -2.18. The van der Waals surface area contributed by atoms with Gasteiger partial charge in [0.25, 0.3) is 0 Å². The van der Waals surface area contributed by atoms with Gasteiger partial charge < -0.3 is 0 Å². The Morgan fingerprint density at radius 2 is 1.70 bits per heavy atom. The number of hydrazine groups is 1. The van der Waals surface area contributed by atoms with Crippen LogP contribution < -0.4 is 11.3 Å². The summed E-state index contributed by atoms with van der Waals surface area (Å²) in [5.74, 6) is 5.68. The van der Waals surface area contributed by atoms with Crippen molar-refractivity contribution in [1.29, 1.82) is 0 Å². The fourth-order valence-corrected chi connectivity index (χ4v) is 3.69. The molecule has 2 rings (SSSR count). The van der Waals surface area contributed by atoms with Crippen molar-refractivity contribution in [1.82, 2.24) is 5.43 Å². The average molecular weight is 439 g/mol. The fourth-order valence-electron chi connectivity index (χ4n) is 1.97. The Morgan fingerprint density at radius 3 is 2.30 bits per heavy atom. The van der Waals surface area contributed by atoms with Gasteiger partial charge in [0.1, 0.15) is 0 Å². The summed E-state index contributed by atoms with van der Waals surface area (Å²) >= 11 is 19.2. The number of hydrogen-bond acceptors (Lipinski definition) is 2. The van der Waals surface area contributed by atoms with Crippen molar-refractivity contribution in [3.05, 3.63) is 66.5 Å². The Kier molecular flexibility index (Phi) is 5.90. The third-order valence-corrected chi connectivity index (χ3v) is 4.44. The molecule has 0 aliphatic rings. The molecule has 20 heavy (non-hydrogen) atoms. The molecule has 0 saturated heterocycles. The van der Waals surface area contributed by atoms with Crippen LogP contribution in [0.25, 0.3) is 0 Å². The fraction of sp³-hybridized carbons (Fsp3) is 0.143. The van der Waals surface area contributed by atoms with Crippen LogP contribution in [0.4, 0.5) is 0 Å².